The number of aromatic nitrogens is 3. The van der Waals surface area contributed by atoms with Gasteiger partial charge in [-0.2, -0.15) is 0 Å². The van der Waals surface area contributed by atoms with E-state index in [0.29, 0.717) is 0 Å². The summed E-state index contributed by atoms with van der Waals surface area (Å²) in [6.45, 7) is 27.6. The molecule has 0 aliphatic carbocycles. The second kappa shape index (κ2) is 16.9. The van der Waals surface area contributed by atoms with E-state index in [1.54, 1.807) is 0 Å². The molecule has 0 saturated carbocycles. The zero-order valence-electron chi connectivity index (χ0n) is 45.0. The summed E-state index contributed by atoms with van der Waals surface area (Å²) in [4.78, 5) is 0. The molecule has 0 saturated heterocycles. The molecule has 9 aromatic carbocycles. The molecule has 0 aliphatic rings. The van der Waals surface area contributed by atoms with E-state index >= 15 is 0 Å². The number of nitrogens with zero attached hydrogens (tertiary/aromatic N) is 3. The summed E-state index contributed by atoms with van der Waals surface area (Å²) in [6.07, 6.45) is 0. The van der Waals surface area contributed by atoms with Crippen LogP contribution in [0.25, 0.3) is 105 Å². The first kappa shape index (κ1) is 47.8. The van der Waals surface area contributed by atoms with E-state index < -0.39 is 0 Å². The number of benzene rings is 9. The van der Waals surface area contributed by atoms with Gasteiger partial charge in [0.15, 0.2) is 0 Å². The Morgan fingerprint density at radius 2 is 0.459 bits per heavy atom. The molecule has 0 bridgehead atoms. The zero-order chi connectivity index (χ0) is 51.8. The van der Waals surface area contributed by atoms with Gasteiger partial charge in [-0.15, -0.1) is 0 Å². The number of hydrogen-bond acceptors (Lipinski definition) is 0. The highest BCUT2D eigenvalue weighted by atomic mass is 79.9. The Morgan fingerprint density at radius 1 is 0.243 bits per heavy atom. The lowest BCUT2D eigenvalue weighted by molar-refractivity contribution is 0.590. The maximum atomic E-state index is 3.69. The molecule has 3 heterocycles. The van der Waals surface area contributed by atoms with Crippen molar-refractivity contribution in [3.05, 3.63) is 209 Å². The molecule has 0 spiro atoms. The van der Waals surface area contributed by atoms with E-state index in [9.17, 15) is 0 Å². The molecule has 4 heteroatoms. The normalized spacial score (nSPS) is 12.9. The van der Waals surface area contributed by atoms with Gasteiger partial charge in [0, 0.05) is 53.9 Å². The third kappa shape index (κ3) is 8.09. The lowest BCUT2D eigenvalue weighted by Gasteiger charge is -2.19. The Labute approximate surface area is 445 Å². The van der Waals surface area contributed by atoms with Crippen molar-refractivity contribution in [2.75, 3.05) is 0 Å². The van der Waals surface area contributed by atoms with Crippen LogP contribution in [0.2, 0.25) is 0 Å². The summed E-state index contributed by atoms with van der Waals surface area (Å²) in [5, 5.41) is 7.67. The highest BCUT2D eigenvalue weighted by molar-refractivity contribution is 9.10. The zero-order valence-corrected chi connectivity index (χ0v) is 46.6. The van der Waals surface area contributed by atoms with Crippen molar-refractivity contribution in [1.82, 2.24) is 13.7 Å². The molecule has 12 aromatic rings. The van der Waals surface area contributed by atoms with Gasteiger partial charge in [-0.3, -0.25) is 0 Å². The third-order valence-electron chi connectivity index (χ3n) is 15.8. The molecule has 0 N–H and O–H groups in total. The minimum atomic E-state index is 0.0504. The molecule has 0 unspecified atom stereocenters. The van der Waals surface area contributed by atoms with Crippen LogP contribution in [0.3, 0.4) is 0 Å². The molecular weight excluding hydrogens is 963 g/mol. The van der Waals surface area contributed by atoms with Crippen molar-refractivity contribution in [3.63, 3.8) is 0 Å². The highest BCUT2D eigenvalue weighted by Crippen LogP contribution is 2.42. The van der Waals surface area contributed by atoms with Gasteiger partial charge in [-0.05, 0) is 187 Å². The Bertz CT molecular complexity index is 3790. The molecule has 0 aliphatic heterocycles. The largest absolute Gasteiger partial charge is 0.309 e. The molecule has 74 heavy (non-hydrogen) atoms. The first-order valence-corrected chi connectivity index (χ1v) is 27.1. The Morgan fingerprint density at radius 3 is 0.716 bits per heavy atom. The first-order valence-electron chi connectivity index (χ1n) is 26.3. The molecule has 0 atom stereocenters. The van der Waals surface area contributed by atoms with Gasteiger partial charge in [0.1, 0.15) is 0 Å². The van der Waals surface area contributed by atoms with Gasteiger partial charge in [0.05, 0.1) is 33.1 Å². The Hall–Kier alpha value is -7.14. The van der Waals surface area contributed by atoms with Crippen LogP contribution >= 0.6 is 15.9 Å². The second-order valence-corrected chi connectivity index (χ2v) is 25.9. The van der Waals surface area contributed by atoms with Crippen molar-refractivity contribution in [3.8, 4) is 39.3 Å². The average molecular weight is 1030 g/mol. The smallest absolute Gasteiger partial charge is 0.0541 e. The molecule has 3 nitrogen and oxygen atoms in total. The predicted molar refractivity (Wildman–Crippen MR) is 323 cm³/mol. The van der Waals surface area contributed by atoms with Gasteiger partial charge in [-0.1, -0.05) is 160 Å². The van der Waals surface area contributed by atoms with Crippen LogP contribution < -0.4 is 0 Å². The van der Waals surface area contributed by atoms with Crippen molar-refractivity contribution >= 4 is 81.3 Å². The van der Waals surface area contributed by atoms with Crippen molar-refractivity contribution in [2.24, 2.45) is 0 Å². The Kier molecular flexibility index (Phi) is 11.0. The van der Waals surface area contributed by atoms with Gasteiger partial charge < -0.3 is 13.7 Å². The molecule has 0 amide bonds. The third-order valence-corrected chi connectivity index (χ3v) is 16.3. The fourth-order valence-corrected chi connectivity index (χ4v) is 11.6. The van der Waals surface area contributed by atoms with E-state index in [1.807, 2.05) is 0 Å². The SMILES string of the molecule is CC(C)(C)c1ccc2c(c1)c1cc(C(C)(C)C)ccc1n2-c1ccc(-c2ccc3c(c2)c2cc(-c4ccc(-n5c6ccc(C(C)(C)C)cc6c6cc(C(C)(C)C)ccc65)cc4)ccc2n3-c2ccc(Br)cc2)cc1. The van der Waals surface area contributed by atoms with Gasteiger partial charge in [0.25, 0.3) is 0 Å². The highest BCUT2D eigenvalue weighted by Gasteiger charge is 2.24. The summed E-state index contributed by atoms with van der Waals surface area (Å²) in [6, 6.07) is 69.3. The Balaban J connectivity index is 0.954. The van der Waals surface area contributed by atoms with Crippen LogP contribution in [0.1, 0.15) is 105 Å². The minimum absolute atomic E-state index is 0.0504. The summed E-state index contributed by atoms with van der Waals surface area (Å²) in [5.74, 6) is 0. The standard InChI is InChI=1S/C70H66BrN3/c1-67(2,3)47-19-33-63-57(39-47)58-40-48(68(4,5)6)20-34-64(58)72(63)52-25-13-43(14-26-52)45-17-31-61-55(37-45)56-38-46(18-32-62(56)74(61)54-29-23-51(71)24-30-54)44-15-27-53(28-16-44)73-65-35-21-49(69(7,8)9)41-59(65)60-42-50(70(10,11)12)22-36-66(60)73/h13-42H,1-12H3. The van der Waals surface area contributed by atoms with E-state index in [1.165, 1.54) is 110 Å². The predicted octanol–water partition coefficient (Wildman–Crippen LogP) is 20.3. The topological polar surface area (TPSA) is 14.8 Å². The van der Waals surface area contributed by atoms with E-state index in [-0.39, 0.29) is 21.7 Å². The van der Waals surface area contributed by atoms with Gasteiger partial charge in [-0.25, -0.2) is 0 Å². The van der Waals surface area contributed by atoms with Gasteiger partial charge in [0.2, 0.25) is 0 Å². The maximum absolute atomic E-state index is 3.69. The molecule has 12 rings (SSSR count). The monoisotopic (exact) mass is 1030 g/mol. The maximum Gasteiger partial charge on any atom is 0.0541 e. The summed E-state index contributed by atoms with van der Waals surface area (Å²) in [5.41, 5.74) is 21.1. The van der Waals surface area contributed by atoms with E-state index in [4.69, 9.17) is 0 Å². The summed E-state index contributed by atoms with van der Waals surface area (Å²) >= 11 is 3.69. The quantitative estimate of drug-likeness (QED) is 0.163. The number of fused-ring (bicyclic) bond motifs is 9. The summed E-state index contributed by atoms with van der Waals surface area (Å²) in [7, 11) is 0. The lowest BCUT2D eigenvalue weighted by atomic mass is 9.85. The minimum Gasteiger partial charge on any atom is -0.309 e. The molecule has 3 aromatic heterocycles. The van der Waals surface area contributed by atoms with Crippen molar-refractivity contribution in [1.29, 1.82) is 0 Å². The van der Waals surface area contributed by atoms with Crippen LogP contribution in [0, 0.1) is 0 Å². The van der Waals surface area contributed by atoms with Crippen LogP contribution in [-0.2, 0) is 21.7 Å². The fourth-order valence-electron chi connectivity index (χ4n) is 11.3. The van der Waals surface area contributed by atoms with Crippen molar-refractivity contribution < 1.29 is 0 Å². The first-order chi connectivity index (χ1) is 35.1. The van der Waals surface area contributed by atoms with Crippen LogP contribution in [-0.4, -0.2) is 13.7 Å². The van der Waals surface area contributed by atoms with Crippen LogP contribution in [0.4, 0.5) is 0 Å². The second-order valence-electron chi connectivity index (χ2n) is 25.0. The molecule has 0 radical (unpaired) electrons. The van der Waals surface area contributed by atoms with Crippen LogP contribution in [0.5, 0.6) is 0 Å². The molecule has 0 fully saturated rings. The molecule has 368 valence electrons. The van der Waals surface area contributed by atoms with E-state index in [2.05, 4.69) is 295 Å². The summed E-state index contributed by atoms with van der Waals surface area (Å²) < 4.78 is 8.37. The van der Waals surface area contributed by atoms with Crippen LogP contribution in [0.15, 0.2) is 186 Å². The number of rotatable bonds is 5. The molecular formula is C70H66BrN3. The van der Waals surface area contributed by atoms with Gasteiger partial charge >= 0.3 is 0 Å². The van der Waals surface area contributed by atoms with Crippen molar-refractivity contribution in [2.45, 2.75) is 105 Å². The number of halogens is 1. The fraction of sp³-hybridized carbons (Fsp3) is 0.229. The van der Waals surface area contributed by atoms with E-state index in [0.717, 1.165) is 21.5 Å². The average Bonchev–Trinajstić information content (AvgIpc) is 4.01. The number of hydrogen-bond donors (Lipinski definition) is 0. The lowest BCUT2D eigenvalue weighted by Crippen LogP contribution is -2.10.